The van der Waals surface area contributed by atoms with Crippen LogP contribution in [0.1, 0.15) is 11.1 Å². The SMILES string of the molecule is COCCN1C(=O)C(c2ccccc2)=C(c2ccccc2)C1=O. The summed E-state index contributed by atoms with van der Waals surface area (Å²) in [6, 6.07) is 18.6. The molecule has 1 aliphatic rings. The molecule has 0 unspecified atom stereocenters. The molecular formula is C19H17NO3. The van der Waals surface area contributed by atoms with Crippen LogP contribution in [0.15, 0.2) is 60.7 Å². The third kappa shape index (κ3) is 2.81. The number of hydrogen-bond acceptors (Lipinski definition) is 3. The molecule has 2 aromatic rings. The van der Waals surface area contributed by atoms with Crippen LogP contribution in [0.3, 0.4) is 0 Å². The van der Waals surface area contributed by atoms with Gasteiger partial charge in [-0.05, 0) is 11.1 Å². The van der Waals surface area contributed by atoms with E-state index in [-0.39, 0.29) is 18.4 Å². The smallest absolute Gasteiger partial charge is 0.262 e. The minimum absolute atomic E-state index is 0.251. The second kappa shape index (κ2) is 6.58. The molecule has 116 valence electrons. The zero-order valence-electron chi connectivity index (χ0n) is 12.9. The van der Waals surface area contributed by atoms with E-state index in [0.29, 0.717) is 17.8 Å². The van der Waals surface area contributed by atoms with E-state index >= 15 is 0 Å². The molecule has 0 saturated carbocycles. The molecule has 3 rings (SSSR count). The van der Waals surface area contributed by atoms with Crippen LogP contribution in [0.5, 0.6) is 0 Å². The summed E-state index contributed by atoms with van der Waals surface area (Å²) in [7, 11) is 1.55. The van der Waals surface area contributed by atoms with E-state index in [9.17, 15) is 9.59 Å². The van der Waals surface area contributed by atoms with Gasteiger partial charge < -0.3 is 4.74 Å². The lowest BCUT2D eigenvalue weighted by molar-refractivity contribution is -0.136. The summed E-state index contributed by atoms with van der Waals surface area (Å²) in [5.41, 5.74) is 2.42. The van der Waals surface area contributed by atoms with Gasteiger partial charge in [-0.1, -0.05) is 60.7 Å². The van der Waals surface area contributed by atoms with Crippen molar-refractivity contribution in [3.63, 3.8) is 0 Å². The third-order valence-corrected chi connectivity index (χ3v) is 3.81. The van der Waals surface area contributed by atoms with Crippen LogP contribution in [0.25, 0.3) is 11.1 Å². The zero-order chi connectivity index (χ0) is 16.2. The molecule has 0 radical (unpaired) electrons. The highest BCUT2D eigenvalue weighted by atomic mass is 16.5. The zero-order valence-corrected chi connectivity index (χ0v) is 12.9. The first-order valence-corrected chi connectivity index (χ1v) is 7.44. The number of rotatable bonds is 5. The number of carbonyl (C=O) groups excluding carboxylic acids is 2. The lowest BCUT2D eigenvalue weighted by atomic mass is 9.96. The number of methoxy groups -OCH3 is 1. The van der Waals surface area contributed by atoms with E-state index in [1.54, 1.807) is 7.11 Å². The quantitative estimate of drug-likeness (QED) is 0.798. The summed E-state index contributed by atoms with van der Waals surface area (Å²) < 4.78 is 5.02. The van der Waals surface area contributed by atoms with Gasteiger partial charge in [0.05, 0.1) is 24.3 Å². The second-order valence-corrected chi connectivity index (χ2v) is 5.24. The largest absolute Gasteiger partial charge is 0.383 e. The first-order valence-electron chi connectivity index (χ1n) is 7.44. The molecule has 0 aromatic heterocycles. The molecule has 4 nitrogen and oxygen atoms in total. The van der Waals surface area contributed by atoms with Crippen molar-refractivity contribution in [1.82, 2.24) is 4.90 Å². The van der Waals surface area contributed by atoms with Crippen molar-refractivity contribution < 1.29 is 14.3 Å². The van der Waals surface area contributed by atoms with Gasteiger partial charge in [0.25, 0.3) is 11.8 Å². The van der Waals surface area contributed by atoms with Crippen molar-refractivity contribution in [2.24, 2.45) is 0 Å². The summed E-state index contributed by atoms with van der Waals surface area (Å²) >= 11 is 0. The van der Waals surface area contributed by atoms with Gasteiger partial charge in [-0.3, -0.25) is 14.5 Å². The van der Waals surface area contributed by atoms with Gasteiger partial charge in [-0.15, -0.1) is 0 Å². The lowest BCUT2D eigenvalue weighted by Gasteiger charge is -2.14. The first kappa shape index (κ1) is 15.2. The predicted octanol–water partition coefficient (Wildman–Crippen LogP) is 2.61. The van der Waals surface area contributed by atoms with E-state index in [1.807, 2.05) is 60.7 Å². The highest BCUT2D eigenvalue weighted by molar-refractivity contribution is 6.48. The van der Waals surface area contributed by atoms with Crippen LogP contribution in [0.2, 0.25) is 0 Å². The lowest BCUT2D eigenvalue weighted by Crippen LogP contribution is -2.34. The minimum atomic E-state index is -0.267. The van der Waals surface area contributed by atoms with Crippen molar-refractivity contribution in [3.8, 4) is 0 Å². The Balaban J connectivity index is 2.13. The average molecular weight is 307 g/mol. The summed E-state index contributed by atoms with van der Waals surface area (Å²) in [6.07, 6.45) is 0. The number of benzene rings is 2. The van der Waals surface area contributed by atoms with Gasteiger partial charge in [0.1, 0.15) is 0 Å². The summed E-state index contributed by atoms with van der Waals surface area (Å²) in [5.74, 6) is -0.533. The Kier molecular flexibility index (Phi) is 4.35. The van der Waals surface area contributed by atoms with Gasteiger partial charge >= 0.3 is 0 Å². The Morgan fingerprint density at radius 3 is 1.61 bits per heavy atom. The van der Waals surface area contributed by atoms with Crippen molar-refractivity contribution >= 4 is 23.0 Å². The second-order valence-electron chi connectivity index (χ2n) is 5.24. The van der Waals surface area contributed by atoms with E-state index < -0.39 is 0 Å². The van der Waals surface area contributed by atoms with Gasteiger partial charge in [0, 0.05) is 7.11 Å². The highest BCUT2D eigenvalue weighted by Gasteiger charge is 2.38. The molecule has 1 aliphatic heterocycles. The van der Waals surface area contributed by atoms with Gasteiger partial charge in [0.15, 0.2) is 0 Å². The summed E-state index contributed by atoms with van der Waals surface area (Å²) in [5, 5.41) is 0. The van der Waals surface area contributed by atoms with Crippen molar-refractivity contribution in [2.75, 3.05) is 20.3 Å². The van der Waals surface area contributed by atoms with Crippen LogP contribution in [0, 0.1) is 0 Å². The normalized spacial score (nSPS) is 14.7. The molecule has 2 amide bonds. The molecule has 0 N–H and O–H groups in total. The highest BCUT2D eigenvalue weighted by Crippen LogP contribution is 2.35. The molecule has 0 spiro atoms. The molecule has 1 heterocycles. The van der Waals surface area contributed by atoms with Gasteiger partial charge in [0.2, 0.25) is 0 Å². The van der Waals surface area contributed by atoms with Gasteiger partial charge in [-0.25, -0.2) is 0 Å². The Morgan fingerprint density at radius 1 is 0.783 bits per heavy atom. The predicted molar refractivity (Wildman–Crippen MR) is 88.3 cm³/mol. The first-order chi connectivity index (χ1) is 11.2. The standard InChI is InChI=1S/C19H17NO3/c1-23-13-12-20-18(21)16(14-8-4-2-5-9-14)17(19(20)22)15-10-6-3-7-11-15/h2-11H,12-13H2,1H3. The number of ether oxygens (including phenoxy) is 1. The van der Waals surface area contributed by atoms with Crippen LogP contribution < -0.4 is 0 Å². The monoisotopic (exact) mass is 307 g/mol. The number of nitrogens with zero attached hydrogens (tertiary/aromatic N) is 1. The molecule has 0 atom stereocenters. The van der Waals surface area contributed by atoms with Crippen molar-refractivity contribution in [3.05, 3.63) is 71.8 Å². The van der Waals surface area contributed by atoms with Crippen molar-refractivity contribution in [1.29, 1.82) is 0 Å². The molecule has 0 saturated heterocycles. The maximum Gasteiger partial charge on any atom is 0.262 e. The van der Waals surface area contributed by atoms with E-state index in [1.165, 1.54) is 4.90 Å². The maximum atomic E-state index is 12.8. The average Bonchev–Trinajstić information content (AvgIpc) is 2.85. The number of amides is 2. The molecule has 0 fully saturated rings. The fourth-order valence-electron chi connectivity index (χ4n) is 2.71. The Hall–Kier alpha value is -2.72. The number of carbonyl (C=O) groups is 2. The topological polar surface area (TPSA) is 46.6 Å². The van der Waals surface area contributed by atoms with E-state index in [0.717, 1.165) is 11.1 Å². The Bertz CT molecular complexity index is 689. The molecule has 4 heteroatoms. The Labute approximate surface area is 135 Å². The molecule has 23 heavy (non-hydrogen) atoms. The maximum absolute atomic E-state index is 12.8. The number of hydrogen-bond donors (Lipinski definition) is 0. The minimum Gasteiger partial charge on any atom is -0.383 e. The molecule has 2 aromatic carbocycles. The summed E-state index contributed by atoms with van der Waals surface area (Å²) in [4.78, 5) is 26.9. The van der Waals surface area contributed by atoms with Crippen LogP contribution in [-0.4, -0.2) is 37.0 Å². The third-order valence-electron chi connectivity index (χ3n) is 3.81. The summed E-state index contributed by atoms with van der Waals surface area (Å²) in [6.45, 7) is 0.572. The number of imide groups is 1. The molecule has 0 bridgehead atoms. The van der Waals surface area contributed by atoms with Crippen LogP contribution in [0.4, 0.5) is 0 Å². The van der Waals surface area contributed by atoms with Gasteiger partial charge in [-0.2, -0.15) is 0 Å². The van der Waals surface area contributed by atoms with E-state index in [4.69, 9.17) is 4.74 Å². The fourth-order valence-corrected chi connectivity index (χ4v) is 2.71. The van der Waals surface area contributed by atoms with Crippen molar-refractivity contribution in [2.45, 2.75) is 0 Å². The molecular weight excluding hydrogens is 290 g/mol. The molecule has 0 aliphatic carbocycles. The van der Waals surface area contributed by atoms with E-state index in [2.05, 4.69) is 0 Å². The van der Waals surface area contributed by atoms with Crippen LogP contribution in [-0.2, 0) is 14.3 Å². The fraction of sp³-hybridized carbons (Fsp3) is 0.158. The Morgan fingerprint density at radius 2 is 1.22 bits per heavy atom. The van der Waals surface area contributed by atoms with Crippen LogP contribution >= 0.6 is 0 Å².